The van der Waals surface area contributed by atoms with E-state index in [-0.39, 0.29) is 36.6 Å². The average Bonchev–Trinajstić information content (AvgIpc) is 2.80. The second-order valence-corrected chi connectivity index (χ2v) is 8.98. The number of hydrogen-bond acceptors (Lipinski definition) is 5. The van der Waals surface area contributed by atoms with Crippen molar-refractivity contribution in [3.8, 4) is 0 Å². The van der Waals surface area contributed by atoms with E-state index in [2.05, 4.69) is 22.3 Å². The molecule has 2 saturated heterocycles. The summed E-state index contributed by atoms with van der Waals surface area (Å²) in [7, 11) is 0. The molecule has 0 unspecified atom stereocenters. The number of ether oxygens (including phenoxy) is 2. The highest BCUT2D eigenvalue weighted by atomic mass is 19.1. The third-order valence-corrected chi connectivity index (χ3v) is 6.38. The topological polar surface area (TPSA) is 71.0 Å². The zero-order valence-electron chi connectivity index (χ0n) is 18.9. The molecule has 33 heavy (non-hydrogen) atoms. The molecule has 2 aliphatic heterocycles. The van der Waals surface area contributed by atoms with E-state index in [9.17, 15) is 14.3 Å². The van der Waals surface area contributed by atoms with Crippen molar-refractivity contribution in [3.05, 3.63) is 71.5 Å². The van der Waals surface area contributed by atoms with Crippen LogP contribution in [-0.4, -0.2) is 66.6 Å². The molecule has 2 aromatic rings. The Morgan fingerprint density at radius 2 is 1.85 bits per heavy atom. The van der Waals surface area contributed by atoms with Crippen molar-refractivity contribution in [2.24, 2.45) is 0 Å². The Kier molecular flexibility index (Phi) is 8.45. The smallest absolute Gasteiger partial charge is 0.222 e. The third-order valence-electron chi connectivity index (χ3n) is 6.38. The van der Waals surface area contributed by atoms with E-state index in [0.717, 1.165) is 24.8 Å². The van der Waals surface area contributed by atoms with Gasteiger partial charge in [0.15, 0.2) is 0 Å². The standard InChI is InChI=1S/C26H33FN2O4/c27-21-8-6-20(7-9-21)15-29-16-22(30)17-32-18-25-24(29)11-10-23(33-25)14-26(31)28-13-12-19-4-2-1-3-5-19/h1-9,22-25,30H,10-18H2,(H,28,31)/t22-,23-,24-,25+/m0/s1. The number of aliphatic hydroxyl groups excluding tert-OH is 1. The van der Waals surface area contributed by atoms with Gasteiger partial charge in [-0.2, -0.15) is 0 Å². The zero-order valence-corrected chi connectivity index (χ0v) is 18.9. The summed E-state index contributed by atoms with van der Waals surface area (Å²) in [4.78, 5) is 14.7. The quantitative estimate of drug-likeness (QED) is 0.671. The molecule has 1 amide bonds. The fourth-order valence-electron chi connectivity index (χ4n) is 4.72. The number of fused-ring (bicyclic) bond motifs is 1. The largest absolute Gasteiger partial charge is 0.389 e. The van der Waals surface area contributed by atoms with Crippen molar-refractivity contribution >= 4 is 5.91 Å². The van der Waals surface area contributed by atoms with E-state index < -0.39 is 6.10 Å². The number of hydrogen-bond donors (Lipinski definition) is 2. The van der Waals surface area contributed by atoms with Gasteiger partial charge in [-0.25, -0.2) is 4.39 Å². The van der Waals surface area contributed by atoms with Gasteiger partial charge in [0.05, 0.1) is 37.9 Å². The number of rotatable bonds is 7. The molecule has 7 heteroatoms. The first-order valence-corrected chi connectivity index (χ1v) is 11.8. The molecule has 2 aliphatic rings. The predicted molar refractivity (Wildman–Crippen MR) is 123 cm³/mol. The van der Waals surface area contributed by atoms with Gasteiger partial charge in [-0.1, -0.05) is 42.5 Å². The number of nitrogens with one attached hydrogen (secondary N) is 1. The predicted octanol–water partition coefficient (Wildman–Crippen LogP) is 2.68. The molecule has 2 heterocycles. The second-order valence-electron chi connectivity index (χ2n) is 8.98. The first-order chi connectivity index (χ1) is 16.1. The molecule has 0 radical (unpaired) electrons. The molecule has 4 rings (SSSR count). The van der Waals surface area contributed by atoms with Crippen molar-refractivity contribution in [2.45, 2.75) is 56.6 Å². The Labute approximate surface area is 194 Å². The van der Waals surface area contributed by atoms with Gasteiger partial charge >= 0.3 is 0 Å². The molecule has 4 atom stereocenters. The van der Waals surface area contributed by atoms with E-state index in [1.165, 1.54) is 17.7 Å². The van der Waals surface area contributed by atoms with Crippen molar-refractivity contribution in [3.63, 3.8) is 0 Å². The molecule has 178 valence electrons. The number of nitrogens with zero attached hydrogens (tertiary/aromatic N) is 1. The zero-order chi connectivity index (χ0) is 23.0. The van der Waals surface area contributed by atoms with Gasteiger partial charge in [-0.05, 0) is 42.5 Å². The van der Waals surface area contributed by atoms with Gasteiger partial charge in [0.25, 0.3) is 0 Å². The molecule has 0 saturated carbocycles. The van der Waals surface area contributed by atoms with Crippen LogP contribution in [0.3, 0.4) is 0 Å². The van der Waals surface area contributed by atoms with Crippen LogP contribution >= 0.6 is 0 Å². The van der Waals surface area contributed by atoms with E-state index >= 15 is 0 Å². The Morgan fingerprint density at radius 1 is 1.06 bits per heavy atom. The molecule has 2 fully saturated rings. The fourth-order valence-corrected chi connectivity index (χ4v) is 4.72. The molecule has 2 aromatic carbocycles. The van der Waals surface area contributed by atoms with Crippen molar-refractivity contribution < 1.29 is 23.8 Å². The Hall–Kier alpha value is -2.32. The summed E-state index contributed by atoms with van der Waals surface area (Å²) < 4.78 is 25.3. The van der Waals surface area contributed by atoms with Gasteiger partial charge in [-0.3, -0.25) is 9.69 Å². The number of carbonyl (C=O) groups excluding carboxylic acids is 1. The molecule has 2 N–H and O–H groups in total. The summed E-state index contributed by atoms with van der Waals surface area (Å²) in [5, 5.41) is 13.3. The van der Waals surface area contributed by atoms with Gasteiger partial charge in [-0.15, -0.1) is 0 Å². The van der Waals surface area contributed by atoms with Crippen LogP contribution < -0.4 is 5.32 Å². The maximum Gasteiger partial charge on any atom is 0.222 e. The summed E-state index contributed by atoms with van der Waals surface area (Å²) in [6.07, 6.45) is 1.85. The van der Waals surface area contributed by atoms with Crippen molar-refractivity contribution in [1.82, 2.24) is 10.2 Å². The minimum atomic E-state index is -0.584. The highest BCUT2D eigenvalue weighted by molar-refractivity contribution is 5.76. The molecule has 6 nitrogen and oxygen atoms in total. The number of amides is 1. The molecular weight excluding hydrogens is 423 g/mol. The number of halogens is 1. The number of aliphatic hydroxyl groups is 1. The highest BCUT2D eigenvalue weighted by Crippen LogP contribution is 2.28. The SMILES string of the molecule is O=C(C[C@@H]1CC[C@H]2[C@@H](COC[C@@H](O)CN2Cc2ccc(F)cc2)O1)NCCc1ccccc1. The van der Waals surface area contributed by atoms with Gasteiger partial charge < -0.3 is 19.9 Å². The number of benzene rings is 2. The summed E-state index contributed by atoms with van der Waals surface area (Å²) in [5.74, 6) is -0.261. The molecule has 0 spiro atoms. The van der Waals surface area contributed by atoms with Gasteiger partial charge in [0.1, 0.15) is 5.82 Å². The van der Waals surface area contributed by atoms with Crippen LogP contribution in [0.15, 0.2) is 54.6 Å². The van der Waals surface area contributed by atoms with Crippen LogP contribution in [0.1, 0.15) is 30.4 Å². The maximum absolute atomic E-state index is 13.3. The minimum absolute atomic E-state index is 0.000246. The lowest BCUT2D eigenvalue weighted by molar-refractivity contribution is -0.158. The highest BCUT2D eigenvalue weighted by Gasteiger charge is 2.38. The molecule has 0 aromatic heterocycles. The van der Waals surface area contributed by atoms with E-state index in [1.807, 2.05) is 18.2 Å². The molecule has 0 aliphatic carbocycles. The normalized spacial score (nSPS) is 26.1. The lowest BCUT2D eigenvalue weighted by Gasteiger charge is -2.44. The Bertz CT molecular complexity index is 880. The first-order valence-electron chi connectivity index (χ1n) is 11.8. The maximum atomic E-state index is 13.3. The van der Waals surface area contributed by atoms with Crippen molar-refractivity contribution in [2.75, 3.05) is 26.3 Å². The number of carbonyl (C=O) groups is 1. The monoisotopic (exact) mass is 456 g/mol. The summed E-state index contributed by atoms with van der Waals surface area (Å²) >= 11 is 0. The summed E-state index contributed by atoms with van der Waals surface area (Å²) in [5.41, 5.74) is 2.19. The lowest BCUT2D eigenvalue weighted by Crippen LogP contribution is -2.55. The summed E-state index contributed by atoms with van der Waals surface area (Å²) in [6.45, 7) is 2.30. The lowest BCUT2D eigenvalue weighted by atomic mass is 9.94. The molecular formula is C26H33FN2O4. The van der Waals surface area contributed by atoms with E-state index in [0.29, 0.717) is 32.7 Å². The number of β-amino-alcohol motifs (C(OH)–C–C–N with tert-alkyl or cyclic N) is 1. The van der Waals surface area contributed by atoms with Crippen molar-refractivity contribution in [1.29, 1.82) is 0 Å². The van der Waals surface area contributed by atoms with Crippen LogP contribution in [0.25, 0.3) is 0 Å². The Morgan fingerprint density at radius 3 is 2.64 bits per heavy atom. The van der Waals surface area contributed by atoms with Crippen LogP contribution in [0, 0.1) is 5.82 Å². The molecule has 0 bridgehead atoms. The van der Waals surface area contributed by atoms with Gasteiger partial charge in [0, 0.05) is 25.7 Å². The van der Waals surface area contributed by atoms with Crippen LogP contribution in [0.2, 0.25) is 0 Å². The first kappa shape index (κ1) is 23.8. The third kappa shape index (κ3) is 7.08. The Balaban J connectivity index is 1.30. The fraction of sp³-hybridized carbons (Fsp3) is 0.500. The van der Waals surface area contributed by atoms with Gasteiger partial charge in [0.2, 0.25) is 5.91 Å². The van der Waals surface area contributed by atoms with Crippen LogP contribution in [-0.2, 0) is 27.2 Å². The van der Waals surface area contributed by atoms with Crippen LogP contribution in [0.5, 0.6) is 0 Å². The van der Waals surface area contributed by atoms with E-state index in [4.69, 9.17) is 9.47 Å². The van der Waals surface area contributed by atoms with E-state index in [1.54, 1.807) is 12.1 Å². The minimum Gasteiger partial charge on any atom is -0.389 e. The average molecular weight is 457 g/mol. The second kappa shape index (κ2) is 11.7. The summed E-state index contributed by atoms with van der Waals surface area (Å²) in [6, 6.07) is 16.6. The van der Waals surface area contributed by atoms with Crippen LogP contribution in [0.4, 0.5) is 4.39 Å².